The van der Waals surface area contributed by atoms with E-state index < -0.39 is 10.1 Å². The van der Waals surface area contributed by atoms with E-state index in [-0.39, 0.29) is 18.0 Å². The van der Waals surface area contributed by atoms with Gasteiger partial charge in [0.05, 0.1) is 6.26 Å². The molecule has 0 spiro atoms. The lowest BCUT2D eigenvalue weighted by Gasteiger charge is -2.05. The molecule has 4 nitrogen and oxygen atoms in total. The Hall–Kier alpha value is -2.14. The number of Topliss-reactive ketones (excluding diaryl/α,β-unsaturated/α-hetero) is 1. The summed E-state index contributed by atoms with van der Waals surface area (Å²) in [4.78, 5) is 12.1. The first-order valence-electron chi connectivity index (χ1n) is 6.01. The first kappa shape index (κ1) is 14.3. The molecule has 0 bridgehead atoms. The molecule has 0 aliphatic rings. The van der Waals surface area contributed by atoms with Gasteiger partial charge in [-0.15, -0.1) is 0 Å². The van der Waals surface area contributed by atoms with E-state index in [0.717, 1.165) is 6.26 Å². The van der Waals surface area contributed by atoms with Gasteiger partial charge in [0.15, 0.2) is 5.78 Å². The highest BCUT2D eigenvalue weighted by atomic mass is 32.2. The molecular weight excluding hydrogens is 276 g/mol. The first-order valence-corrected chi connectivity index (χ1v) is 7.82. The fourth-order valence-electron chi connectivity index (χ4n) is 1.79. The predicted molar refractivity (Wildman–Crippen MR) is 76.4 cm³/mol. The number of rotatable bonds is 5. The van der Waals surface area contributed by atoms with Gasteiger partial charge in [-0.05, 0) is 17.7 Å². The highest BCUT2D eigenvalue weighted by molar-refractivity contribution is 7.86. The fourth-order valence-corrected chi connectivity index (χ4v) is 2.25. The molecule has 0 amide bonds. The molecule has 0 aliphatic carbocycles. The molecule has 0 atom stereocenters. The maximum atomic E-state index is 12.1. The van der Waals surface area contributed by atoms with Gasteiger partial charge in [-0.25, -0.2) is 0 Å². The molecule has 2 aromatic rings. The number of carbonyl (C=O) groups excluding carboxylic acids is 1. The van der Waals surface area contributed by atoms with Gasteiger partial charge in [-0.3, -0.25) is 4.79 Å². The molecule has 2 rings (SSSR count). The molecule has 0 aliphatic heterocycles. The lowest BCUT2D eigenvalue weighted by Crippen LogP contribution is -2.07. The van der Waals surface area contributed by atoms with Crippen molar-refractivity contribution < 1.29 is 17.4 Å². The van der Waals surface area contributed by atoms with Crippen molar-refractivity contribution in [3.05, 3.63) is 65.7 Å². The van der Waals surface area contributed by atoms with Crippen molar-refractivity contribution in [3.63, 3.8) is 0 Å². The van der Waals surface area contributed by atoms with Gasteiger partial charge in [0.2, 0.25) is 0 Å². The highest BCUT2D eigenvalue weighted by Gasteiger charge is 2.09. The smallest absolute Gasteiger partial charge is 0.306 e. The Kier molecular flexibility index (Phi) is 4.20. The van der Waals surface area contributed by atoms with Crippen LogP contribution in [0.2, 0.25) is 0 Å². The Morgan fingerprint density at radius 1 is 1.05 bits per heavy atom. The minimum atomic E-state index is -3.56. The van der Waals surface area contributed by atoms with Crippen LogP contribution in [-0.2, 0) is 16.5 Å². The van der Waals surface area contributed by atoms with Crippen molar-refractivity contribution in [1.82, 2.24) is 0 Å². The second kappa shape index (κ2) is 5.88. The summed E-state index contributed by atoms with van der Waals surface area (Å²) < 4.78 is 26.9. The van der Waals surface area contributed by atoms with Crippen LogP contribution in [-0.4, -0.2) is 20.5 Å². The maximum absolute atomic E-state index is 12.1. The van der Waals surface area contributed by atoms with E-state index in [9.17, 15) is 13.2 Å². The van der Waals surface area contributed by atoms with Crippen LogP contribution in [0.1, 0.15) is 15.9 Å². The van der Waals surface area contributed by atoms with E-state index in [1.54, 1.807) is 42.5 Å². The number of carbonyl (C=O) groups is 1. The Bertz CT molecular complexity index is 706. The standard InChI is InChI=1S/C15H14O4S/c1-20(17,18)19-14-9-5-6-12(10-14)11-15(16)13-7-3-2-4-8-13/h2-10H,11H2,1H3. The number of ketones is 1. The van der Waals surface area contributed by atoms with Gasteiger partial charge in [0.1, 0.15) is 5.75 Å². The number of benzene rings is 2. The van der Waals surface area contributed by atoms with Gasteiger partial charge >= 0.3 is 10.1 Å². The second-order valence-corrected chi connectivity index (χ2v) is 5.98. The molecule has 0 aromatic heterocycles. The number of hydrogen-bond donors (Lipinski definition) is 0. The summed E-state index contributed by atoms with van der Waals surface area (Å²) in [6, 6.07) is 15.5. The highest BCUT2D eigenvalue weighted by Crippen LogP contribution is 2.16. The van der Waals surface area contributed by atoms with Crippen LogP contribution in [0.15, 0.2) is 54.6 Å². The molecule has 2 aromatic carbocycles. The molecule has 5 heteroatoms. The summed E-state index contributed by atoms with van der Waals surface area (Å²) in [6.45, 7) is 0. The lowest BCUT2D eigenvalue weighted by atomic mass is 10.0. The normalized spacial score (nSPS) is 11.1. The summed E-state index contributed by atoms with van der Waals surface area (Å²) in [5.74, 6) is 0.188. The van der Waals surface area contributed by atoms with Crippen molar-refractivity contribution in [3.8, 4) is 5.75 Å². The zero-order valence-corrected chi connectivity index (χ0v) is 11.8. The SMILES string of the molecule is CS(=O)(=O)Oc1cccc(CC(=O)c2ccccc2)c1. The van der Waals surface area contributed by atoms with Crippen LogP contribution >= 0.6 is 0 Å². The summed E-state index contributed by atoms with van der Waals surface area (Å²) >= 11 is 0. The average molecular weight is 290 g/mol. The molecule has 104 valence electrons. The van der Waals surface area contributed by atoms with Crippen LogP contribution in [0, 0.1) is 0 Å². The zero-order chi connectivity index (χ0) is 14.6. The molecule has 20 heavy (non-hydrogen) atoms. The van der Waals surface area contributed by atoms with Crippen LogP contribution in [0.3, 0.4) is 0 Å². The van der Waals surface area contributed by atoms with E-state index in [1.165, 1.54) is 6.07 Å². The van der Waals surface area contributed by atoms with Crippen LogP contribution in [0.5, 0.6) is 5.75 Å². The molecule has 0 heterocycles. The van der Waals surface area contributed by atoms with Gasteiger partial charge in [-0.2, -0.15) is 8.42 Å². The molecule has 0 fully saturated rings. The third kappa shape index (κ3) is 4.20. The largest absolute Gasteiger partial charge is 0.383 e. The Morgan fingerprint density at radius 2 is 1.75 bits per heavy atom. The van der Waals surface area contributed by atoms with E-state index in [2.05, 4.69) is 0 Å². The monoisotopic (exact) mass is 290 g/mol. The van der Waals surface area contributed by atoms with Crippen molar-refractivity contribution in [2.45, 2.75) is 6.42 Å². The lowest BCUT2D eigenvalue weighted by molar-refractivity contribution is 0.0993. The van der Waals surface area contributed by atoms with E-state index in [4.69, 9.17) is 4.18 Å². The molecule has 0 saturated heterocycles. The van der Waals surface area contributed by atoms with Crippen molar-refractivity contribution in [1.29, 1.82) is 0 Å². The fraction of sp³-hybridized carbons (Fsp3) is 0.133. The van der Waals surface area contributed by atoms with Crippen LogP contribution in [0.25, 0.3) is 0 Å². The minimum absolute atomic E-state index is 0.0258. The second-order valence-electron chi connectivity index (χ2n) is 4.40. The average Bonchev–Trinajstić information content (AvgIpc) is 2.38. The summed E-state index contributed by atoms with van der Waals surface area (Å²) in [6.07, 6.45) is 1.18. The summed E-state index contributed by atoms with van der Waals surface area (Å²) in [5, 5.41) is 0. The molecular formula is C15H14O4S. The minimum Gasteiger partial charge on any atom is -0.383 e. The Labute approximate surface area is 118 Å². The van der Waals surface area contributed by atoms with E-state index >= 15 is 0 Å². The summed E-state index contributed by atoms with van der Waals surface area (Å²) in [7, 11) is -3.56. The molecule has 0 radical (unpaired) electrons. The quantitative estimate of drug-likeness (QED) is 0.627. The third-order valence-electron chi connectivity index (χ3n) is 2.61. The van der Waals surface area contributed by atoms with E-state index in [1.807, 2.05) is 6.07 Å². The first-order chi connectivity index (χ1) is 9.44. The van der Waals surface area contributed by atoms with Crippen LogP contribution in [0.4, 0.5) is 0 Å². The van der Waals surface area contributed by atoms with Gasteiger partial charge in [0, 0.05) is 12.0 Å². The van der Waals surface area contributed by atoms with Crippen molar-refractivity contribution in [2.24, 2.45) is 0 Å². The maximum Gasteiger partial charge on any atom is 0.306 e. The Morgan fingerprint density at radius 3 is 2.40 bits per heavy atom. The topological polar surface area (TPSA) is 60.4 Å². The van der Waals surface area contributed by atoms with Gasteiger partial charge in [0.25, 0.3) is 0 Å². The van der Waals surface area contributed by atoms with Crippen molar-refractivity contribution in [2.75, 3.05) is 6.26 Å². The van der Waals surface area contributed by atoms with Crippen LogP contribution < -0.4 is 4.18 Å². The molecule has 0 N–H and O–H groups in total. The summed E-state index contributed by atoms with van der Waals surface area (Å²) in [5.41, 5.74) is 1.34. The predicted octanol–water partition coefficient (Wildman–Crippen LogP) is 2.45. The molecule has 0 saturated carbocycles. The van der Waals surface area contributed by atoms with Gasteiger partial charge in [-0.1, -0.05) is 42.5 Å². The zero-order valence-electron chi connectivity index (χ0n) is 10.9. The molecule has 0 unspecified atom stereocenters. The Balaban J connectivity index is 2.14. The third-order valence-corrected chi connectivity index (χ3v) is 3.10. The number of hydrogen-bond acceptors (Lipinski definition) is 4. The van der Waals surface area contributed by atoms with E-state index in [0.29, 0.717) is 11.1 Å². The van der Waals surface area contributed by atoms with Gasteiger partial charge < -0.3 is 4.18 Å². The van der Waals surface area contributed by atoms with Crippen molar-refractivity contribution >= 4 is 15.9 Å².